The van der Waals surface area contributed by atoms with Crippen molar-refractivity contribution in [2.75, 3.05) is 26.7 Å². The fraction of sp³-hybridized carbons (Fsp3) is 0.240. The van der Waals surface area contributed by atoms with Crippen LogP contribution < -0.4 is 4.74 Å². The first-order valence-corrected chi connectivity index (χ1v) is 10.3. The van der Waals surface area contributed by atoms with E-state index in [-0.39, 0.29) is 18.4 Å². The summed E-state index contributed by atoms with van der Waals surface area (Å²) in [4.78, 5) is 33.4. The first-order chi connectivity index (χ1) is 15.1. The molecule has 1 aliphatic heterocycles. The number of likely N-dealkylation sites (N-methyl/N-ethyl adjacent to an activating group) is 1. The van der Waals surface area contributed by atoms with Crippen molar-refractivity contribution in [3.05, 3.63) is 84.7 Å². The molecule has 0 bridgehead atoms. The Bertz CT molecular complexity index is 1040. The molecule has 31 heavy (non-hydrogen) atoms. The van der Waals surface area contributed by atoms with Gasteiger partial charge in [0.25, 0.3) is 5.91 Å². The van der Waals surface area contributed by atoms with E-state index in [9.17, 15) is 9.59 Å². The molecule has 6 nitrogen and oxygen atoms in total. The van der Waals surface area contributed by atoms with Crippen LogP contribution in [0.3, 0.4) is 0 Å². The van der Waals surface area contributed by atoms with Gasteiger partial charge in [-0.25, -0.2) is 0 Å². The van der Waals surface area contributed by atoms with Crippen molar-refractivity contribution in [3.63, 3.8) is 0 Å². The van der Waals surface area contributed by atoms with Gasteiger partial charge in [0.15, 0.2) is 6.61 Å². The number of hydrogen-bond acceptors (Lipinski definition) is 4. The number of para-hydroxylation sites is 1. The molecule has 1 aliphatic rings. The Balaban J connectivity index is 1.51. The van der Waals surface area contributed by atoms with Crippen LogP contribution >= 0.6 is 0 Å². The molecule has 1 atom stereocenters. The van der Waals surface area contributed by atoms with Crippen LogP contribution in [-0.4, -0.2) is 59.4 Å². The van der Waals surface area contributed by atoms with Crippen molar-refractivity contribution in [1.29, 1.82) is 0 Å². The van der Waals surface area contributed by atoms with E-state index in [4.69, 9.17) is 4.74 Å². The van der Waals surface area contributed by atoms with Crippen molar-refractivity contribution in [2.45, 2.75) is 12.5 Å². The Morgan fingerprint density at radius 3 is 2.61 bits per heavy atom. The number of carbonyl (C=O) groups is 2. The third-order valence-electron chi connectivity index (χ3n) is 5.49. The summed E-state index contributed by atoms with van der Waals surface area (Å²) in [5, 5.41) is 0. The zero-order valence-electron chi connectivity index (χ0n) is 17.5. The van der Waals surface area contributed by atoms with E-state index in [1.54, 1.807) is 23.0 Å². The molecule has 1 fully saturated rings. The lowest BCUT2D eigenvalue weighted by Gasteiger charge is -2.39. The molecule has 1 aromatic heterocycles. The summed E-state index contributed by atoms with van der Waals surface area (Å²) in [5.74, 6) is 0.404. The fourth-order valence-electron chi connectivity index (χ4n) is 3.79. The maximum absolute atomic E-state index is 13.0. The molecule has 2 amide bonds. The van der Waals surface area contributed by atoms with Gasteiger partial charge in [-0.2, -0.15) is 0 Å². The molecular formula is C25H25N3O3. The molecule has 3 aromatic rings. The molecule has 2 heterocycles. The van der Waals surface area contributed by atoms with Gasteiger partial charge in [0.05, 0.1) is 0 Å². The second-order valence-electron chi connectivity index (χ2n) is 7.61. The van der Waals surface area contributed by atoms with E-state index in [2.05, 4.69) is 11.1 Å². The van der Waals surface area contributed by atoms with Crippen LogP contribution in [-0.2, 0) is 16.0 Å². The Labute approximate surface area is 182 Å². The summed E-state index contributed by atoms with van der Waals surface area (Å²) >= 11 is 0. The second-order valence-corrected chi connectivity index (χ2v) is 7.61. The molecule has 0 aliphatic carbocycles. The summed E-state index contributed by atoms with van der Waals surface area (Å²) in [7, 11) is 1.78. The van der Waals surface area contributed by atoms with Crippen LogP contribution in [0.2, 0.25) is 0 Å². The van der Waals surface area contributed by atoms with Gasteiger partial charge in [-0.3, -0.25) is 14.6 Å². The Hall–Kier alpha value is -3.67. The van der Waals surface area contributed by atoms with Crippen LogP contribution in [0.5, 0.6) is 5.75 Å². The van der Waals surface area contributed by atoms with Crippen LogP contribution in [0.25, 0.3) is 11.1 Å². The number of rotatable bonds is 6. The molecule has 4 rings (SSSR count). The molecule has 2 aromatic carbocycles. The van der Waals surface area contributed by atoms with Gasteiger partial charge in [-0.05, 0) is 34.9 Å². The average molecular weight is 415 g/mol. The molecule has 0 radical (unpaired) electrons. The second kappa shape index (κ2) is 9.43. The minimum atomic E-state index is -0.547. The zero-order chi connectivity index (χ0) is 21.6. The highest BCUT2D eigenvalue weighted by Gasteiger charge is 2.36. The van der Waals surface area contributed by atoms with Gasteiger partial charge < -0.3 is 14.5 Å². The largest absolute Gasteiger partial charge is 0.484 e. The lowest BCUT2D eigenvalue weighted by molar-refractivity contribution is -0.151. The normalized spacial score (nSPS) is 16.3. The SMILES string of the molecule is CN1CCN(C(=O)COc2ccccc2)[C@@H](Cc2cccc(-c3cccnc3)c2)C1=O. The minimum absolute atomic E-state index is 0.0499. The summed E-state index contributed by atoms with van der Waals surface area (Å²) < 4.78 is 5.64. The number of aromatic nitrogens is 1. The maximum Gasteiger partial charge on any atom is 0.261 e. The van der Waals surface area contributed by atoms with Crippen molar-refractivity contribution < 1.29 is 14.3 Å². The van der Waals surface area contributed by atoms with Crippen LogP contribution in [0.1, 0.15) is 5.56 Å². The van der Waals surface area contributed by atoms with E-state index in [1.807, 2.05) is 66.9 Å². The van der Waals surface area contributed by atoms with Gasteiger partial charge in [0.1, 0.15) is 11.8 Å². The monoisotopic (exact) mass is 415 g/mol. The van der Waals surface area contributed by atoms with Crippen molar-refractivity contribution in [2.24, 2.45) is 0 Å². The third kappa shape index (κ3) is 4.91. The molecule has 0 spiro atoms. The predicted molar refractivity (Wildman–Crippen MR) is 118 cm³/mol. The van der Waals surface area contributed by atoms with Crippen molar-refractivity contribution >= 4 is 11.8 Å². The molecule has 158 valence electrons. The van der Waals surface area contributed by atoms with E-state index in [0.29, 0.717) is 25.3 Å². The van der Waals surface area contributed by atoms with Gasteiger partial charge in [-0.1, -0.05) is 48.5 Å². The van der Waals surface area contributed by atoms with Crippen molar-refractivity contribution in [3.8, 4) is 16.9 Å². The van der Waals surface area contributed by atoms with Crippen LogP contribution in [0.4, 0.5) is 0 Å². The lowest BCUT2D eigenvalue weighted by atomic mass is 9.98. The molecule has 1 saturated heterocycles. The highest BCUT2D eigenvalue weighted by atomic mass is 16.5. The number of carbonyl (C=O) groups excluding carboxylic acids is 2. The topological polar surface area (TPSA) is 62.7 Å². The molecular weight excluding hydrogens is 390 g/mol. The number of piperazine rings is 1. The predicted octanol–water partition coefficient (Wildman–Crippen LogP) is 3.04. The number of nitrogens with zero attached hydrogens (tertiary/aromatic N) is 3. The molecule has 0 saturated carbocycles. The Morgan fingerprint density at radius 2 is 1.84 bits per heavy atom. The van der Waals surface area contributed by atoms with E-state index < -0.39 is 6.04 Å². The third-order valence-corrected chi connectivity index (χ3v) is 5.49. The van der Waals surface area contributed by atoms with Gasteiger partial charge >= 0.3 is 0 Å². The maximum atomic E-state index is 13.0. The van der Waals surface area contributed by atoms with Crippen LogP contribution in [0.15, 0.2) is 79.1 Å². The summed E-state index contributed by atoms with van der Waals surface area (Å²) in [6, 6.07) is 20.6. The number of benzene rings is 2. The zero-order valence-corrected chi connectivity index (χ0v) is 17.5. The molecule has 0 unspecified atom stereocenters. The first-order valence-electron chi connectivity index (χ1n) is 10.3. The lowest BCUT2D eigenvalue weighted by Crippen LogP contribution is -2.59. The van der Waals surface area contributed by atoms with Crippen molar-refractivity contribution in [1.82, 2.24) is 14.8 Å². The van der Waals surface area contributed by atoms with E-state index >= 15 is 0 Å². The first kappa shape index (κ1) is 20.6. The summed E-state index contributed by atoms with van der Waals surface area (Å²) in [6.07, 6.45) is 4.01. The Kier molecular flexibility index (Phi) is 6.26. The highest BCUT2D eigenvalue weighted by molar-refractivity contribution is 5.89. The molecule has 0 N–H and O–H groups in total. The molecule has 6 heteroatoms. The summed E-state index contributed by atoms with van der Waals surface area (Å²) in [6.45, 7) is 0.918. The highest BCUT2D eigenvalue weighted by Crippen LogP contribution is 2.22. The smallest absolute Gasteiger partial charge is 0.261 e. The van der Waals surface area contributed by atoms with Gasteiger partial charge in [0, 0.05) is 39.0 Å². The van der Waals surface area contributed by atoms with Gasteiger partial charge in [0.2, 0.25) is 5.91 Å². The number of hydrogen-bond donors (Lipinski definition) is 0. The van der Waals surface area contributed by atoms with E-state index in [0.717, 1.165) is 16.7 Å². The number of ether oxygens (including phenoxy) is 1. The van der Waals surface area contributed by atoms with E-state index in [1.165, 1.54) is 0 Å². The number of amides is 2. The van der Waals surface area contributed by atoms with Gasteiger partial charge in [-0.15, -0.1) is 0 Å². The average Bonchev–Trinajstić information content (AvgIpc) is 2.82. The standard InChI is InChI=1S/C25H25N3O3/c1-27-13-14-28(24(29)18-31-22-10-3-2-4-11-22)23(25(27)30)16-19-7-5-8-20(15-19)21-9-6-12-26-17-21/h2-12,15,17,23H,13-14,16,18H2,1H3/t23-/m0/s1. The quantitative estimate of drug-likeness (QED) is 0.621. The summed E-state index contributed by atoms with van der Waals surface area (Å²) in [5.41, 5.74) is 3.05. The number of pyridine rings is 1. The minimum Gasteiger partial charge on any atom is -0.484 e. The van der Waals surface area contributed by atoms with Crippen LogP contribution in [0, 0.1) is 0 Å². The Morgan fingerprint density at radius 1 is 1.03 bits per heavy atom. The fourth-order valence-corrected chi connectivity index (χ4v) is 3.79.